The number of ether oxygens (including phenoxy) is 1. The standard InChI is InChI=1S/C22H16Cl2N4O2/c23-16-6-4-15(5-7-16)19-13-21(28(27-19)20-3-1-2-12-25-20)26-22(29)14-30-18-10-8-17(24)9-11-18/h1-13H,14H2,(H,26,29). The quantitative estimate of drug-likeness (QED) is 0.445. The van der Waals surface area contributed by atoms with Crippen molar-refractivity contribution >= 4 is 34.9 Å². The van der Waals surface area contributed by atoms with E-state index < -0.39 is 0 Å². The van der Waals surface area contributed by atoms with Crippen LogP contribution in [0.2, 0.25) is 10.0 Å². The number of aromatic nitrogens is 3. The number of hydrogen-bond acceptors (Lipinski definition) is 4. The number of pyridine rings is 1. The summed E-state index contributed by atoms with van der Waals surface area (Å²) in [5.41, 5.74) is 1.54. The number of nitrogens with zero attached hydrogens (tertiary/aromatic N) is 3. The molecule has 0 saturated heterocycles. The monoisotopic (exact) mass is 438 g/mol. The molecule has 0 saturated carbocycles. The third-order valence-corrected chi connectivity index (χ3v) is 4.67. The second-order valence-electron chi connectivity index (χ2n) is 6.31. The molecular formula is C22H16Cl2N4O2. The summed E-state index contributed by atoms with van der Waals surface area (Å²) < 4.78 is 7.09. The Morgan fingerprint density at radius 2 is 1.67 bits per heavy atom. The largest absolute Gasteiger partial charge is 0.484 e. The van der Waals surface area contributed by atoms with Gasteiger partial charge in [0.05, 0.1) is 5.69 Å². The summed E-state index contributed by atoms with van der Waals surface area (Å²) in [5, 5.41) is 8.67. The summed E-state index contributed by atoms with van der Waals surface area (Å²) in [6, 6.07) is 21.3. The summed E-state index contributed by atoms with van der Waals surface area (Å²) in [7, 11) is 0. The predicted octanol–water partition coefficient (Wildman–Crippen LogP) is 5.26. The van der Waals surface area contributed by atoms with Crippen LogP contribution < -0.4 is 10.1 Å². The SMILES string of the molecule is O=C(COc1ccc(Cl)cc1)Nc1cc(-c2ccc(Cl)cc2)nn1-c1ccccn1. The van der Waals surface area contributed by atoms with E-state index in [1.165, 1.54) is 0 Å². The molecule has 2 aromatic carbocycles. The minimum Gasteiger partial charge on any atom is -0.484 e. The van der Waals surface area contributed by atoms with Crippen LogP contribution in [0.1, 0.15) is 0 Å². The van der Waals surface area contributed by atoms with Crippen LogP contribution in [0.4, 0.5) is 5.82 Å². The Kier molecular flexibility index (Phi) is 5.97. The predicted molar refractivity (Wildman–Crippen MR) is 117 cm³/mol. The van der Waals surface area contributed by atoms with Gasteiger partial charge in [-0.25, -0.2) is 4.98 Å². The highest BCUT2D eigenvalue weighted by Gasteiger charge is 2.15. The Morgan fingerprint density at radius 1 is 0.967 bits per heavy atom. The zero-order valence-corrected chi connectivity index (χ0v) is 17.1. The fraction of sp³-hybridized carbons (Fsp3) is 0.0455. The maximum atomic E-state index is 12.5. The lowest BCUT2D eigenvalue weighted by Gasteiger charge is -2.09. The Labute approximate surface area is 183 Å². The number of carbonyl (C=O) groups excluding carboxylic acids is 1. The molecule has 0 aliphatic carbocycles. The Bertz CT molecular complexity index is 1140. The zero-order valence-electron chi connectivity index (χ0n) is 15.6. The van der Waals surface area contributed by atoms with Gasteiger partial charge in [0.1, 0.15) is 11.6 Å². The highest BCUT2D eigenvalue weighted by molar-refractivity contribution is 6.30. The van der Waals surface area contributed by atoms with Crippen LogP contribution in [-0.2, 0) is 4.79 Å². The van der Waals surface area contributed by atoms with E-state index >= 15 is 0 Å². The van der Waals surface area contributed by atoms with Crippen LogP contribution in [0.3, 0.4) is 0 Å². The molecule has 30 heavy (non-hydrogen) atoms. The topological polar surface area (TPSA) is 69.0 Å². The third-order valence-electron chi connectivity index (χ3n) is 4.17. The molecule has 150 valence electrons. The Morgan fingerprint density at radius 3 is 2.33 bits per heavy atom. The summed E-state index contributed by atoms with van der Waals surface area (Å²) in [4.78, 5) is 16.8. The van der Waals surface area contributed by atoms with Crippen molar-refractivity contribution in [3.05, 3.63) is 89.0 Å². The van der Waals surface area contributed by atoms with Crippen molar-refractivity contribution in [3.8, 4) is 22.8 Å². The molecule has 0 bridgehead atoms. The van der Waals surface area contributed by atoms with Crippen LogP contribution >= 0.6 is 23.2 Å². The maximum absolute atomic E-state index is 12.5. The lowest BCUT2D eigenvalue weighted by Crippen LogP contribution is -2.22. The van der Waals surface area contributed by atoms with Gasteiger partial charge in [0.2, 0.25) is 0 Å². The normalized spacial score (nSPS) is 10.6. The number of hydrogen-bond donors (Lipinski definition) is 1. The van der Waals surface area contributed by atoms with Crippen molar-refractivity contribution in [3.63, 3.8) is 0 Å². The van der Waals surface area contributed by atoms with Crippen molar-refractivity contribution in [2.24, 2.45) is 0 Å². The molecule has 0 aliphatic rings. The van der Waals surface area contributed by atoms with E-state index in [0.29, 0.717) is 33.1 Å². The van der Waals surface area contributed by atoms with Gasteiger partial charge >= 0.3 is 0 Å². The molecule has 0 fully saturated rings. The van der Waals surface area contributed by atoms with Crippen molar-refractivity contribution in [1.29, 1.82) is 0 Å². The summed E-state index contributed by atoms with van der Waals surface area (Å²) >= 11 is 11.8. The first-order valence-corrected chi connectivity index (χ1v) is 9.80. The summed E-state index contributed by atoms with van der Waals surface area (Å²) in [5.74, 6) is 1.27. The molecule has 0 radical (unpaired) electrons. The first-order valence-electron chi connectivity index (χ1n) is 9.04. The average Bonchev–Trinajstić information content (AvgIpc) is 3.18. The van der Waals surface area contributed by atoms with Crippen molar-refractivity contribution < 1.29 is 9.53 Å². The minimum absolute atomic E-state index is 0.161. The first kappa shape index (κ1) is 19.9. The van der Waals surface area contributed by atoms with Gasteiger partial charge in [-0.05, 0) is 48.5 Å². The number of nitrogens with one attached hydrogen (secondary N) is 1. The Balaban J connectivity index is 1.56. The van der Waals surface area contributed by atoms with E-state index in [9.17, 15) is 4.79 Å². The lowest BCUT2D eigenvalue weighted by molar-refractivity contribution is -0.118. The van der Waals surface area contributed by atoms with E-state index in [0.717, 1.165) is 5.56 Å². The van der Waals surface area contributed by atoms with Gasteiger partial charge in [-0.15, -0.1) is 0 Å². The van der Waals surface area contributed by atoms with Gasteiger partial charge < -0.3 is 10.1 Å². The summed E-state index contributed by atoms with van der Waals surface area (Å²) in [6.07, 6.45) is 1.66. The van der Waals surface area contributed by atoms with Gasteiger partial charge in [-0.3, -0.25) is 4.79 Å². The van der Waals surface area contributed by atoms with Gasteiger partial charge in [-0.2, -0.15) is 9.78 Å². The molecule has 1 amide bonds. The Hall–Kier alpha value is -3.35. The molecule has 2 aromatic heterocycles. The molecule has 8 heteroatoms. The van der Waals surface area contributed by atoms with E-state index in [1.54, 1.807) is 59.4 Å². The van der Waals surface area contributed by atoms with Gasteiger partial charge in [0, 0.05) is 27.9 Å². The van der Waals surface area contributed by atoms with Gasteiger partial charge in [0.25, 0.3) is 5.91 Å². The molecule has 0 unspecified atom stereocenters. The van der Waals surface area contributed by atoms with E-state index in [4.69, 9.17) is 27.9 Å². The molecule has 0 aliphatic heterocycles. The maximum Gasteiger partial charge on any atom is 0.263 e. The highest BCUT2D eigenvalue weighted by atomic mass is 35.5. The molecular weight excluding hydrogens is 423 g/mol. The van der Waals surface area contributed by atoms with Gasteiger partial charge in [0.15, 0.2) is 12.4 Å². The van der Waals surface area contributed by atoms with E-state index in [2.05, 4.69) is 15.4 Å². The molecule has 2 heterocycles. The molecule has 0 spiro atoms. The average molecular weight is 439 g/mol. The fourth-order valence-electron chi connectivity index (χ4n) is 2.74. The van der Waals surface area contributed by atoms with Gasteiger partial charge in [-0.1, -0.05) is 41.4 Å². The number of amides is 1. The first-order chi connectivity index (χ1) is 14.6. The lowest BCUT2D eigenvalue weighted by atomic mass is 10.1. The van der Waals surface area contributed by atoms with Crippen LogP contribution in [0.25, 0.3) is 17.1 Å². The fourth-order valence-corrected chi connectivity index (χ4v) is 3.00. The molecule has 1 N–H and O–H groups in total. The molecule has 0 atom stereocenters. The van der Waals surface area contributed by atoms with E-state index in [1.807, 2.05) is 24.3 Å². The van der Waals surface area contributed by atoms with Crippen molar-refractivity contribution in [2.75, 3.05) is 11.9 Å². The van der Waals surface area contributed by atoms with Crippen molar-refractivity contribution in [2.45, 2.75) is 0 Å². The third kappa shape index (κ3) is 4.79. The number of benzene rings is 2. The van der Waals surface area contributed by atoms with E-state index in [-0.39, 0.29) is 12.5 Å². The smallest absolute Gasteiger partial charge is 0.263 e. The molecule has 6 nitrogen and oxygen atoms in total. The second-order valence-corrected chi connectivity index (χ2v) is 7.19. The number of carbonyl (C=O) groups is 1. The van der Waals surface area contributed by atoms with Crippen molar-refractivity contribution in [1.82, 2.24) is 14.8 Å². The zero-order chi connectivity index (χ0) is 20.9. The molecule has 4 rings (SSSR count). The van der Waals surface area contributed by atoms with Crippen LogP contribution in [0, 0.1) is 0 Å². The van der Waals surface area contributed by atoms with Crippen LogP contribution in [0.15, 0.2) is 79.0 Å². The number of halogens is 2. The summed E-state index contributed by atoms with van der Waals surface area (Å²) in [6.45, 7) is -0.161. The highest BCUT2D eigenvalue weighted by Crippen LogP contribution is 2.25. The minimum atomic E-state index is -0.329. The number of rotatable bonds is 6. The number of anilines is 1. The second kappa shape index (κ2) is 8.98. The van der Waals surface area contributed by atoms with Crippen LogP contribution in [0.5, 0.6) is 5.75 Å². The molecule has 4 aromatic rings. The van der Waals surface area contributed by atoms with Crippen LogP contribution in [-0.4, -0.2) is 27.3 Å².